The number of halogens is 1. The maximum Gasteiger partial charge on any atom is 0.295 e. The number of hydrogen-bond donors (Lipinski definition) is 1. The van der Waals surface area contributed by atoms with E-state index < -0.39 is 48.5 Å². The Kier molecular flexibility index (Phi) is 6.78. The molecular weight excluding hydrogens is 474 g/mol. The van der Waals surface area contributed by atoms with Crippen LogP contribution in [0.2, 0.25) is 5.02 Å². The van der Waals surface area contributed by atoms with Gasteiger partial charge in [-0.05, 0) is 24.3 Å². The second-order valence-corrected chi connectivity index (χ2v) is 6.94. The maximum atomic E-state index is 13.3. The summed E-state index contributed by atoms with van der Waals surface area (Å²) in [5.74, 6) is -1.93. The van der Waals surface area contributed by atoms with Crippen LogP contribution >= 0.6 is 11.6 Å². The van der Waals surface area contributed by atoms with Crippen LogP contribution in [0.1, 0.15) is 20.7 Å². The van der Waals surface area contributed by atoms with E-state index in [-0.39, 0.29) is 16.9 Å². The average molecular weight is 486 g/mol. The van der Waals surface area contributed by atoms with Gasteiger partial charge >= 0.3 is 0 Å². The van der Waals surface area contributed by atoms with Gasteiger partial charge in [0.15, 0.2) is 0 Å². The number of nitrogens with zero attached hydrogens (tertiary/aromatic N) is 4. The number of hydrogen-bond acceptors (Lipinski definition) is 8. The molecule has 0 aliphatic rings. The molecule has 3 aromatic rings. The Balaban J connectivity index is 2.13. The number of non-ortho nitro benzene ring substituents is 2. The zero-order valence-electron chi connectivity index (χ0n) is 16.8. The van der Waals surface area contributed by atoms with E-state index in [9.17, 15) is 39.9 Å². The van der Waals surface area contributed by atoms with Crippen LogP contribution in [0.5, 0.6) is 0 Å². The standard InChI is InChI=1S/C20H12ClN5O8/c21-18-16(10-15(25(31)32)11-17(18)26(33)34)20(28)23(13-6-8-14(9-7-13)24(29)30)22-19(27)12-4-2-1-3-5-12/h1-11H,(H,22,27). The van der Waals surface area contributed by atoms with E-state index in [2.05, 4.69) is 5.43 Å². The fourth-order valence-electron chi connectivity index (χ4n) is 2.82. The number of nitro groups is 3. The third-order valence-electron chi connectivity index (χ3n) is 4.45. The molecule has 0 saturated heterocycles. The first-order valence-corrected chi connectivity index (χ1v) is 9.55. The van der Waals surface area contributed by atoms with Gasteiger partial charge in [0.2, 0.25) is 0 Å². The number of nitrogens with one attached hydrogen (secondary N) is 1. The van der Waals surface area contributed by atoms with Crippen LogP contribution in [0.3, 0.4) is 0 Å². The van der Waals surface area contributed by atoms with Gasteiger partial charge in [0.05, 0.1) is 32.1 Å². The van der Waals surface area contributed by atoms with Crippen LogP contribution in [-0.4, -0.2) is 26.6 Å². The van der Waals surface area contributed by atoms with Crippen molar-refractivity contribution >= 4 is 46.2 Å². The molecule has 0 bridgehead atoms. The third kappa shape index (κ3) is 4.94. The number of nitro benzene ring substituents is 3. The SMILES string of the molecule is O=C(NN(C(=O)c1cc([N+](=O)[O-])cc([N+](=O)[O-])c1Cl)c1ccc([N+](=O)[O-])cc1)c1ccccc1. The lowest BCUT2D eigenvalue weighted by Crippen LogP contribution is -2.46. The van der Waals surface area contributed by atoms with Crippen molar-refractivity contribution in [2.45, 2.75) is 0 Å². The number of amides is 2. The molecule has 3 aromatic carbocycles. The molecular formula is C20H12ClN5O8. The Hall–Kier alpha value is -4.91. The van der Waals surface area contributed by atoms with Crippen molar-refractivity contribution in [3.63, 3.8) is 0 Å². The summed E-state index contributed by atoms with van der Waals surface area (Å²) in [7, 11) is 0. The lowest BCUT2D eigenvalue weighted by Gasteiger charge is -2.23. The molecule has 0 fully saturated rings. The average Bonchev–Trinajstić information content (AvgIpc) is 2.82. The van der Waals surface area contributed by atoms with Gasteiger partial charge in [0.25, 0.3) is 28.9 Å². The smallest absolute Gasteiger partial charge is 0.267 e. The van der Waals surface area contributed by atoms with Gasteiger partial charge in [-0.15, -0.1) is 0 Å². The van der Waals surface area contributed by atoms with E-state index >= 15 is 0 Å². The summed E-state index contributed by atoms with van der Waals surface area (Å²) in [6.45, 7) is 0. The van der Waals surface area contributed by atoms with E-state index in [1.165, 1.54) is 12.1 Å². The second kappa shape index (κ2) is 9.70. The first kappa shape index (κ1) is 23.7. The summed E-state index contributed by atoms with van der Waals surface area (Å²) in [5, 5.41) is 33.5. The molecule has 2 amide bonds. The van der Waals surface area contributed by atoms with Crippen molar-refractivity contribution in [3.05, 3.63) is 113 Å². The molecule has 34 heavy (non-hydrogen) atoms. The molecule has 0 unspecified atom stereocenters. The number of anilines is 1. The lowest BCUT2D eigenvalue weighted by atomic mass is 10.1. The number of rotatable bonds is 6. The van der Waals surface area contributed by atoms with Crippen LogP contribution < -0.4 is 10.4 Å². The summed E-state index contributed by atoms with van der Waals surface area (Å²) in [6.07, 6.45) is 0. The van der Waals surface area contributed by atoms with Crippen LogP contribution in [0, 0.1) is 30.3 Å². The van der Waals surface area contributed by atoms with Crippen molar-refractivity contribution in [3.8, 4) is 0 Å². The van der Waals surface area contributed by atoms with Gasteiger partial charge < -0.3 is 0 Å². The zero-order valence-corrected chi connectivity index (χ0v) is 17.5. The minimum Gasteiger partial charge on any atom is -0.267 e. The summed E-state index contributed by atoms with van der Waals surface area (Å²) in [4.78, 5) is 57.0. The van der Waals surface area contributed by atoms with Gasteiger partial charge in [0, 0.05) is 23.8 Å². The van der Waals surface area contributed by atoms with Crippen molar-refractivity contribution in [1.29, 1.82) is 0 Å². The summed E-state index contributed by atoms with van der Waals surface area (Å²) in [6, 6.07) is 13.4. The van der Waals surface area contributed by atoms with Gasteiger partial charge in [-0.25, -0.2) is 5.01 Å². The first-order valence-electron chi connectivity index (χ1n) is 9.17. The normalized spacial score (nSPS) is 10.3. The van der Waals surface area contributed by atoms with Crippen LogP contribution in [0.15, 0.2) is 66.7 Å². The maximum absolute atomic E-state index is 13.3. The highest BCUT2D eigenvalue weighted by Crippen LogP contribution is 2.34. The van der Waals surface area contributed by atoms with E-state index in [1.807, 2.05) is 0 Å². The summed E-state index contributed by atoms with van der Waals surface area (Å²) in [5.41, 5.74) is -0.270. The highest BCUT2D eigenvalue weighted by molar-refractivity contribution is 6.36. The number of benzene rings is 3. The largest absolute Gasteiger partial charge is 0.295 e. The Morgan fingerprint density at radius 2 is 1.38 bits per heavy atom. The molecule has 0 spiro atoms. The molecule has 0 radical (unpaired) electrons. The Bertz CT molecular complexity index is 1310. The fraction of sp³-hybridized carbons (Fsp3) is 0. The molecule has 0 aliphatic carbocycles. The lowest BCUT2D eigenvalue weighted by molar-refractivity contribution is -0.394. The molecule has 0 heterocycles. The van der Waals surface area contributed by atoms with Gasteiger partial charge in [0.1, 0.15) is 5.02 Å². The van der Waals surface area contributed by atoms with Crippen molar-refractivity contribution in [1.82, 2.24) is 5.43 Å². The Morgan fingerprint density at radius 1 is 0.794 bits per heavy atom. The summed E-state index contributed by atoms with van der Waals surface area (Å²) < 4.78 is 0. The molecule has 0 aromatic heterocycles. The molecule has 13 nitrogen and oxygen atoms in total. The summed E-state index contributed by atoms with van der Waals surface area (Å²) >= 11 is 6.01. The quantitative estimate of drug-likeness (QED) is 0.400. The zero-order chi connectivity index (χ0) is 25.0. The number of hydrazine groups is 1. The topological polar surface area (TPSA) is 179 Å². The van der Waals surface area contributed by atoms with Gasteiger partial charge in [-0.1, -0.05) is 29.8 Å². The van der Waals surface area contributed by atoms with E-state index in [0.717, 1.165) is 30.3 Å². The minimum atomic E-state index is -1.16. The van der Waals surface area contributed by atoms with E-state index in [1.54, 1.807) is 18.2 Å². The van der Waals surface area contributed by atoms with Crippen LogP contribution in [0.25, 0.3) is 0 Å². The highest BCUT2D eigenvalue weighted by Gasteiger charge is 2.30. The fourth-order valence-corrected chi connectivity index (χ4v) is 3.08. The van der Waals surface area contributed by atoms with Crippen molar-refractivity contribution < 1.29 is 24.4 Å². The molecule has 0 saturated carbocycles. The van der Waals surface area contributed by atoms with Crippen LogP contribution in [0.4, 0.5) is 22.7 Å². The molecule has 1 N–H and O–H groups in total. The minimum absolute atomic E-state index is 0.0786. The molecule has 172 valence electrons. The van der Waals surface area contributed by atoms with Gasteiger partial charge in [-0.3, -0.25) is 45.4 Å². The van der Waals surface area contributed by atoms with Crippen LogP contribution in [-0.2, 0) is 0 Å². The molecule has 0 aliphatic heterocycles. The van der Waals surface area contributed by atoms with E-state index in [0.29, 0.717) is 11.1 Å². The van der Waals surface area contributed by atoms with Crippen molar-refractivity contribution in [2.24, 2.45) is 0 Å². The molecule has 0 atom stereocenters. The predicted molar refractivity (Wildman–Crippen MR) is 119 cm³/mol. The van der Waals surface area contributed by atoms with Crippen molar-refractivity contribution in [2.75, 3.05) is 5.01 Å². The third-order valence-corrected chi connectivity index (χ3v) is 4.84. The highest BCUT2D eigenvalue weighted by atomic mass is 35.5. The Labute approximate surface area is 194 Å². The molecule has 3 rings (SSSR count). The molecule has 14 heteroatoms. The number of carbonyl (C=O) groups is 2. The monoisotopic (exact) mass is 485 g/mol. The Morgan fingerprint density at radius 3 is 1.91 bits per heavy atom. The second-order valence-electron chi connectivity index (χ2n) is 6.56. The van der Waals surface area contributed by atoms with Gasteiger partial charge in [-0.2, -0.15) is 0 Å². The number of carbonyl (C=O) groups excluding carboxylic acids is 2. The predicted octanol–water partition coefficient (Wildman–Crippen LogP) is 4.06. The van der Waals surface area contributed by atoms with E-state index in [4.69, 9.17) is 11.6 Å². The first-order chi connectivity index (χ1) is 16.1.